The van der Waals surface area contributed by atoms with Gasteiger partial charge in [0.05, 0.1) is 19.8 Å². The van der Waals surface area contributed by atoms with Crippen molar-refractivity contribution in [2.24, 2.45) is 0 Å². The van der Waals surface area contributed by atoms with Crippen molar-refractivity contribution in [2.45, 2.75) is 6.42 Å². The lowest BCUT2D eigenvalue weighted by Crippen LogP contribution is -2.07. The Hall–Kier alpha value is -0.450. The van der Waals surface area contributed by atoms with Crippen LogP contribution in [0.3, 0.4) is 0 Å². The van der Waals surface area contributed by atoms with E-state index in [0.717, 1.165) is 13.0 Å². The summed E-state index contributed by atoms with van der Waals surface area (Å²) in [5.41, 5.74) is 0. The lowest BCUT2D eigenvalue weighted by Gasteiger charge is -1.75. The van der Waals surface area contributed by atoms with Gasteiger partial charge in [0.1, 0.15) is 5.78 Å². The number of aliphatic hydroxyl groups is 2. The Bertz CT molecular complexity index is 85.0. The van der Waals surface area contributed by atoms with Crippen LogP contribution in [0.25, 0.3) is 0 Å². The van der Waals surface area contributed by atoms with Crippen molar-refractivity contribution in [3.63, 3.8) is 0 Å². The Labute approximate surface area is 59.9 Å². The maximum absolute atomic E-state index is 10.2. The van der Waals surface area contributed by atoms with E-state index in [1.807, 2.05) is 0 Å². The van der Waals surface area contributed by atoms with Crippen molar-refractivity contribution < 1.29 is 15.0 Å². The second kappa shape index (κ2) is 6.67. The number of ketones is 1. The lowest BCUT2D eigenvalue weighted by molar-refractivity contribution is -0.116. The summed E-state index contributed by atoms with van der Waals surface area (Å²) in [7, 11) is 0. The number of nitrogens with one attached hydrogen (secondary N) is 1. The number of carbonyl (C=O) groups excluding carboxylic acids is 1. The van der Waals surface area contributed by atoms with E-state index in [4.69, 9.17) is 10.2 Å². The highest BCUT2D eigenvalue weighted by Gasteiger charge is 2.06. The Balaban J connectivity index is 0.000000180. The second-order valence-electron chi connectivity index (χ2n) is 1.91. The van der Waals surface area contributed by atoms with E-state index < -0.39 is 0 Å². The molecule has 1 saturated heterocycles. The summed E-state index contributed by atoms with van der Waals surface area (Å²) in [5.74, 6) is 0.343. The molecule has 4 heteroatoms. The molecule has 60 valence electrons. The zero-order valence-electron chi connectivity index (χ0n) is 5.84. The summed E-state index contributed by atoms with van der Waals surface area (Å²) in [5, 5.41) is 18.2. The summed E-state index contributed by atoms with van der Waals surface area (Å²) in [4.78, 5) is 10.2. The molecule has 10 heavy (non-hydrogen) atoms. The third-order valence-electron chi connectivity index (χ3n) is 1.00. The molecule has 0 atom stereocenters. The van der Waals surface area contributed by atoms with Crippen LogP contribution in [-0.4, -0.2) is 42.3 Å². The molecular weight excluding hydrogens is 134 g/mol. The van der Waals surface area contributed by atoms with Gasteiger partial charge in [0.15, 0.2) is 0 Å². The summed E-state index contributed by atoms with van der Waals surface area (Å²) in [6.07, 6.45) is 0.736. The molecule has 0 amide bonds. The highest BCUT2D eigenvalue weighted by molar-refractivity contribution is 5.82. The first-order chi connectivity index (χ1) is 4.81. The molecule has 0 radical (unpaired) electrons. The van der Waals surface area contributed by atoms with Crippen LogP contribution < -0.4 is 5.32 Å². The van der Waals surface area contributed by atoms with Crippen LogP contribution in [0.1, 0.15) is 6.42 Å². The first kappa shape index (κ1) is 9.55. The SMILES string of the molecule is O=C1CCNC1.OCCO. The Morgan fingerprint density at radius 1 is 1.40 bits per heavy atom. The van der Waals surface area contributed by atoms with Crippen LogP contribution in [-0.2, 0) is 4.79 Å². The van der Waals surface area contributed by atoms with Gasteiger partial charge in [-0.1, -0.05) is 0 Å². The lowest BCUT2D eigenvalue weighted by atomic mass is 10.4. The van der Waals surface area contributed by atoms with E-state index in [0.29, 0.717) is 12.3 Å². The van der Waals surface area contributed by atoms with Crippen molar-refractivity contribution in [1.82, 2.24) is 5.32 Å². The quantitative estimate of drug-likeness (QED) is 0.423. The van der Waals surface area contributed by atoms with E-state index in [1.54, 1.807) is 0 Å². The van der Waals surface area contributed by atoms with Crippen LogP contribution in [0.15, 0.2) is 0 Å². The minimum absolute atomic E-state index is 0.125. The number of carbonyl (C=O) groups is 1. The van der Waals surface area contributed by atoms with E-state index in [-0.39, 0.29) is 13.2 Å². The Morgan fingerprint density at radius 3 is 2.10 bits per heavy atom. The molecule has 0 aliphatic carbocycles. The highest BCUT2D eigenvalue weighted by Crippen LogP contribution is 1.85. The average Bonchev–Trinajstić information content (AvgIpc) is 2.40. The fraction of sp³-hybridized carbons (Fsp3) is 0.833. The van der Waals surface area contributed by atoms with Gasteiger partial charge in [-0.3, -0.25) is 4.79 Å². The number of Topliss-reactive ketones (excluding diaryl/α,β-unsaturated/α-hetero) is 1. The van der Waals surface area contributed by atoms with Gasteiger partial charge >= 0.3 is 0 Å². The largest absolute Gasteiger partial charge is 0.394 e. The predicted molar refractivity (Wildman–Crippen MR) is 36.7 cm³/mol. The molecule has 0 bridgehead atoms. The minimum Gasteiger partial charge on any atom is -0.394 e. The van der Waals surface area contributed by atoms with Crippen LogP contribution in [0.2, 0.25) is 0 Å². The van der Waals surface area contributed by atoms with Gasteiger partial charge in [0.25, 0.3) is 0 Å². The zero-order chi connectivity index (χ0) is 7.82. The number of rotatable bonds is 1. The average molecular weight is 147 g/mol. The normalized spacial score (nSPS) is 16.4. The number of hydrogen-bond donors (Lipinski definition) is 3. The van der Waals surface area contributed by atoms with Crippen molar-refractivity contribution in [3.8, 4) is 0 Å². The maximum atomic E-state index is 10.2. The van der Waals surface area contributed by atoms with Gasteiger partial charge in [0, 0.05) is 13.0 Å². The Morgan fingerprint density at radius 2 is 2.00 bits per heavy atom. The third kappa shape index (κ3) is 5.68. The molecule has 0 unspecified atom stereocenters. The summed E-state index contributed by atoms with van der Waals surface area (Å²) in [6.45, 7) is 1.23. The molecule has 1 heterocycles. The molecule has 1 rings (SSSR count). The number of hydrogen-bond acceptors (Lipinski definition) is 4. The topological polar surface area (TPSA) is 69.6 Å². The summed E-state index contributed by atoms with van der Waals surface area (Å²) >= 11 is 0. The van der Waals surface area contributed by atoms with Gasteiger partial charge in [-0.2, -0.15) is 0 Å². The van der Waals surface area contributed by atoms with Crippen molar-refractivity contribution in [2.75, 3.05) is 26.3 Å². The van der Waals surface area contributed by atoms with Gasteiger partial charge in [-0.15, -0.1) is 0 Å². The van der Waals surface area contributed by atoms with Gasteiger partial charge in [-0.05, 0) is 0 Å². The first-order valence-electron chi connectivity index (χ1n) is 3.25. The smallest absolute Gasteiger partial charge is 0.147 e. The minimum atomic E-state index is -0.125. The molecule has 0 aromatic heterocycles. The fourth-order valence-electron chi connectivity index (χ4n) is 0.544. The van der Waals surface area contributed by atoms with E-state index in [2.05, 4.69) is 5.32 Å². The summed E-state index contributed by atoms with van der Waals surface area (Å²) < 4.78 is 0. The molecule has 0 aromatic rings. The zero-order valence-corrected chi connectivity index (χ0v) is 5.84. The Kier molecular flexibility index (Phi) is 6.37. The monoisotopic (exact) mass is 147 g/mol. The molecule has 0 spiro atoms. The van der Waals surface area contributed by atoms with Crippen molar-refractivity contribution >= 4 is 5.78 Å². The fourth-order valence-corrected chi connectivity index (χ4v) is 0.544. The van der Waals surface area contributed by atoms with E-state index >= 15 is 0 Å². The molecule has 0 aromatic carbocycles. The van der Waals surface area contributed by atoms with Gasteiger partial charge in [-0.25, -0.2) is 0 Å². The predicted octanol–water partition coefficient (Wildman–Crippen LogP) is -1.48. The van der Waals surface area contributed by atoms with Crippen LogP contribution in [0.5, 0.6) is 0 Å². The van der Waals surface area contributed by atoms with E-state index in [9.17, 15) is 4.79 Å². The van der Waals surface area contributed by atoms with Gasteiger partial charge in [0.2, 0.25) is 0 Å². The first-order valence-corrected chi connectivity index (χ1v) is 3.25. The molecule has 1 fully saturated rings. The number of aliphatic hydroxyl groups excluding tert-OH is 2. The molecule has 1 aliphatic heterocycles. The van der Waals surface area contributed by atoms with Crippen molar-refractivity contribution in [3.05, 3.63) is 0 Å². The molecule has 4 nitrogen and oxygen atoms in total. The molecule has 3 N–H and O–H groups in total. The van der Waals surface area contributed by atoms with E-state index in [1.165, 1.54) is 0 Å². The second-order valence-corrected chi connectivity index (χ2v) is 1.91. The van der Waals surface area contributed by atoms with Gasteiger partial charge < -0.3 is 15.5 Å². The van der Waals surface area contributed by atoms with Crippen LogP contribution in [0.4, 0.5) is 0 Å². The molecule has 1 aliphatic rings. The third-order valence-corrected chi connectivity index (χ3v) is 1.00. The maximum Gasteiger partial charge on any atom is 0.147 e. The summed E-state index contributed by atoms with van der Waals surface area (Å²) in [6, 6.07) is 0. The highest BCUT2D eigenvalue weighted by atomic mass is 16.3. The molecule has 0 saturated carbocycles. The van der Waals surface area contributed by atoms with Crippen molar-refractivity contribution in [1.29, 1.82) is 0 Å². The molecular formula is C6H13NO3. The van der Waals surface area contributed by atoms with Crippen LogP contribution in [0, 0.1) is 0 Å². The van der Waals surface area contributed by atoms with Crippen LogP contribution >= 0.6 is 0 Å². The standard InChI is InChI=1S/C4H7NO.C2H6O2/c6-4-1-2-5-3-4;3-1-2-4/h5H,1-3H2;3-4H,1-2H2.